The van der Waals surface area contributed by atoms with Gasteiger partial charge in [-0.05, 0) is 43.7 Å². The van der Waals surface area contributed by atoms with Crippen molar-refractivity contribution in [3.05, 3.63) is 59.2 Å². The lowest BCUT2D eigenvalue weighted by atomic mass is 10.1. The van der Waals surface area contributed by atoms with Crippen LogP contribution >= 0.6 is 0 Å². The average Bonchev–Trinajstić information content (AvgIpc) is 3.14. The lowest BCUT2D eigenvalue weighted by molar-refractivity contribution is -0.0899. The number of carbonyl (C=O) groups excluding carboxylic acids is 1. The Morgan fingerprint density at radius 2 is 1.96 bits per heavy atom. The van der Waals surface area contributed by atoms with E-state index in [1.807, 2.05) is 25.1 Å². The molecule has 2 heterocycles. The summed E-state index contributed by atoms with van der Waals surface area (Å²) in [6.07, 6.45) is -4.15. The zero-order valence-electron chi connectivity index (χ0n) is 13.5. The molecule has 25 heavy (non-hydrogen) atoms. The summed E-state index contributed by atoms with van der Waals surface area (Å²) in [6, 6.07) is 10.4. The minimum absolute atomic E-state index is 0.256. The van der Waals surface area contributed by atoms with Crippen molar-refractivity contribution in [2.24, 2.45) is 0 Å². The molecule has 0 saturated carbocycles. The van der Waals surface area contributed by atoms with Gasteiger partial charge in [0, 0.05) is 16.6 Å². The average molecular weight is 350 g/mol. The third-order valence-electron chi connectivity index (χ3n) is 4.02. The highest BCUT2D eigenvalue weighted by molar-refractivity contribution is 5.97. The van der Waals surface area contributed by atoms with E-state index in [1.165, 1.54) is 11.6 Å². The number of aromatic amines is 1. The zero-order chi connectivity index (χ0) is 18.0. The Morgan fingerprint density at radius 3 is 2.72 bits per heavy atom. The summed E-state index contributed by atoms with van der Waals surface area (Å²) in [5.74, 6) is -2.35. The Kier molecular flexibility index (Phi) is 4.67. The molecule has 0 fully saturated rings. The van der Waals surface area contributed by atoms with Crippen LogP contribution in [0.4, 0.5) is 13.2 Å². The maximum atomic E-state index is 12.3. The van der Waals surface area contributed by atoms with Crippen LogP contribution in [0.15, 0.2) is 40.8 Å². The summed E-state index contributed by atoms with van der Waals surface area (Å²) in [6.45, 7) is 2.90. The fraction of sp³-hybridized carbons (Fsp3) is 0.278. The number of Topliss-reactive ketones (excluding diaryl/α,β-unsaturated/α-hetero) is 1. The smallest absolute Gasteiger partial charge is 0.456 e. The molecule has 0 amide bonds. The number of para-hydroxylation sites is 1. The molecular weight excluding hydrogens is 333 g/mol. The summed E-state index contributed by atoms with van der Waals surface area (Å²) >= 11 is 0. The standard InChI is InChI=1S/C18H17F3N2O2/c1-11-13(14-4-2-3-5-15(14)23-11)8-9-22-10-12-6-7-16(25-12)17(24)18(19,20)21/h2-7,22-23H,8-10H2,1H3. The van der Waals surface area contributed by atoms with E-state index in [4.69, 9.17) is 4.42 Å². The summed E-state index contributed by atoms with van der Waals surface area (Å²) < 4.78 is 42.0. The maximum Gasteiger partial charge on any atom is 0.458 e. The summed E-state index contributed by atoms with van der Waals surface area (Å²) in [5, 5.41) is 4.29. The van der Waals surface area contributed by atoms with Crippen molar-refractivity contribution < 1.29 is 22.4 Å². The number of hydrogen-bond acceptors (Lipinski definition) is 3. The second kappa shape index (κ2) is 6.76. The quantitative estimate of drug-likeness (QED) is 0.519. The second-order valence-corrected chi connectivity index (χ2v) is 5.79. The maximum absolute atomic E-state index is 12.3. The van der Waals surface area contributed by atoms with Crippen molar-refractivity contribution >= 4 is 16.7 Å². The normalized spacial score (nSPS) is 12.0. The fourth-order valence-corrected chi connectivity index (χ4v) is 2.82. The van der Waals surface area contributed by atoms with Gasteiger partial charge >= 0.3 is 12.0 Å². The largest absolute Gasteiger partial charge is 0.458 e. The number of halogens is 3. The van der Waals surface area contributed by atoms with Crippen molar-refractivity contribution in [2.45, 2.75) is 26.1 Å². The second-order valence-electron chi connectivity index (χ2n) is 5.79. The molecule has 2 N–H and O–H groups in total. The van der Waals surface area contributed by atoms with Crippen molar-refractivity contribution in [3.63, 3.8) is 0 Å². The van der Waals surface area contributed by atoms with Crippen LogP contribution in [0, 0.1) is 6.92 Å². The number of rotatable bonds is 6. The Hall–Kier alpha value is -2.54. The number of ketones is 1. The SMILES string of the molecule is Cc1[nH]c2ccccc2c1CCNCc1ccc(C(=O)C(F)(F)F)o1. The van der Waals surface area contributed by atoms with Gasteiger partial charge in [0.05, 0.1) is 6.54 Å². The molecular formula is C18H17F3N2O2. The Labute approximate surface area is 142 Å². The monoisotopic (exact) mass is 350 g/mol. The molecule has 0 saturated heterocycles. The predicted molar refractivity (Wildman–Crippen MR) is 87.5 cm³/mol. The highest BCUT2D eigenvalue weighted by Gasteiger charge is 2.41. The van der Waals surface area contributed by atoms with E-state index < -0.39 is 17.7 Å². The number of hydrogen-bond donors (Lipinski definition) is 2. The zero-order valence-corrected chi connectivity index (χ0v) is 13.5. The lowest BCUT2D eigenvalue weighted by Crippen LogP contribution is -2.22. The Bertz CT molecular complexity index is 893. The van der Waals surface area contributed by atoms with Gasteiger partial charge in [-0.15, -0.1) is 0 Å². The van der Waals surface area contributed by atoms with Crippen molar-refractivity contribution in [1.29, 1.82) is 0 Å². The number of aromatic nitrogens is 1. The number of carbonyl (C=O) groups is 1. The van der Waals surface area contributed by atoms with E-state index in [0.29, 0.717) is 12.3 Å². The molecule has 0 unspecified atom stereocenters. The molecule has 3 rings (SSSR count). The van der Waals surface area contributed by atoms with Gasteiger partial charge in [0.1, 0.15) is 5.76 Å². The molecule has 132 valence electrons. The van der Waals surface area contributed by atoms with Crippen LogP contribution in [0.2, 0.25) is 0 Å². The van der Waals surface area contributed by atoms with Gasteiger partial charge in [-0.2, -0.15) is 13.2 Å². The topological polar surface area (TPSA) is 58.0 Å². The molecule has 4 nitrogen and oxygen atoms in total. The van der Waals surface area contributed by atoms with Crippen molar-refractivity contribution in [1.82, 2.24) is 10.3 Å². The Balaban J connectivity index is 1.56. The first-order valence-electron chi connectivity index (χ1n) is 7.83. The number of fused-ring (bicyclic) bond motifs is 1. The number of benzene rings is 1. The van der Waals surface area contributed by atoms with E-state index in [0.717, 1.165) is 29.1 Å². The molecule has 0 aliphatic carbocycles. The summed E-state index contributed by atoms with van der Waals surface area (Å²) in [7, 11) is 0. The predicted octanol–water partition coefficient (Wildman–Crippen LogP) is 4.15. The van der Waals surface area contributed by atoms with Crippen molar-refractivity contribution in [3.8, 4) is 0 Å². The molecule has 0 aliphatic heterocycles. The van der Waals surface area contributed by atoms with Crippen LogP contribution < -0.4 is 5.32 Å². The molecule has 0 radical (unpaired) electrons. The number of aryl methyl sites for hydroxylation is 1. The molecule has 0 atom stereocenters. The van der Waals surface area contributed by atoms with Crippen molar-refractivity contribution in [2.75, 3.05) is 6.54 Å². The molecule has 3 aromatic rings. The molecule has 0 bridgehead atoms. The van der Waals surface area contributed by atoms with E-state index in [2.05, 4.69) is 16.4 Å². The molecule has 0 spiro atoms. The van der Waals surface area contributed by atoms with Crippen LogP contribution in [0.1, 0.15) is 27.6 Å². The van der Waals surface area contributed by atoms with E-state index >= 15 is 0 Å². The Morgan fingerprint density at radius 1 is 1.20 bits per heavy atom. The van der Waals surface area contributed by atoms with Crippen LogP contribution in [-0.2, 0) is 13.0 Å². The molecule has 2 aromatic heterocycles. The molecule has 1 aromatic carbocycles. The van der Waals surface area contributed by atoms with Crippen LogP contribution in [-0.4, -0.2) is 23.5 Å². The first kappa shape index (κ1) is 17.3. The third kappa shape index (κ3) is 3.76. The fourth-order valence-electron chi connectivity index (χ4n) is 2.82. The number of alkyl halides is 3. The number of H-pyrrole nitrogens is 1. The van der Waals surface area contributed by atoms with E-state index in [9.17, 15) is 18.0 Å². The van der Waals surface area contributed by atoms with Gasteiger partial charge in [0.25, 0.3) is 0 Å². The minimum Gasteiger partial charge on any atom is -0.456 e. The van der Waals surface area contributed by atoms with E-state index in [-0.39, 0.29) is 6.54 Å². The molecule has 0 aliphatic rings. The number of nitrogens with one attached hydrogen (secondary N) is 2. The van der Waals surface area contributed by atoms with Crippen LogP contribution in [0.5, 0.6) is 0 Å². The van der Waals surface area contributed by atoms with Gasteiger partial charge in [-0.25, -0.2) is 0 Å². The summed E-state index contributed by atoms with van der Waals surface area (Å²) in [4.78, 5) is 14.4. The third-order valence-corrected chi connectivity index (χ3v) is 4.02. The van der Waals surface area contributed by atoms with Gasteiger partial charge in [-0.1, -0.05) is 18.2 Å². The number of furan rings is 1. The van der Waals surface area contributed by atoms with Gasteiger partial charge in [0.15, 0.2) is 5.76 Å². The summed E-state index contributed by atoms with van der Waals surface area (Å²) in [5.41, 5.74) is 3.38. The van der Waals surface area contributed by atoms with Crippen LogP contribution in [0.25, 0.3) is 10.9 Å². The van der Waals surface area contributed by atoms with Gasteiger partial charge in [0.2, 0.25) is 0 Å². The first-order chi connectivity index (χ1) is 11.9. The highest BCUT2D eigenvalue weighted by Crippen LogP contribution is 2.23. The lowest BCUT2D eigenvalue weighted by Gasteiger charge is -2.04. The van der Waals surface area contributed by atoms with E-state index in [1.54, 1.807) is 0 Å². The molecule has 7 heteroatoms. The highest BCUT2D eigenvalue weighted by atomic mass is 19.4. The first-order valence-corrected chi connectivity index (χ1v) is 7.83. The minimum atomic E-state index is -4.92. The van der Waals surface area contributed by atoms with Crippen LogP contribution in [0.3, 0.4) is 0 Å². The van der Waals surface area contributed by atoms with Gasteiger partial charge < -0.3 is 14.7 Å². The van der Waals surface area contributed by atoms with Gasteiger partial charge in [-0.3, -0.25) is 4.79 Å².